The van der Waals surface area contributed by atoms with E-state index in [2.05, 4.69) is 11.8 Å². The average molecular weight is 284 g/mol. The molecule has 2 rings (SSSR count). The predicted octanol–water partition coefficient (Wildman–Crippen LogP) is 3.45. The van der Waals surface area contributed by atoms with Crippen molar-refractivity contribution in [2.45, 2.75) is 19.6 Å². The highest BCUT2D eigenvalue weighted by atomic mass is 19.1. The number of rotatable bonds is 4. The van der Waals surface area contributed by atoms with Crippen LogP contribution in [0, 0.1) is 17.7 Å². The van der Waals surface area contributed by atoms with Gasteiger partial charge >= 0.3 is 0 Å². The summed E-state index contributed by atoms with van der Waals surface area (Å²) in [5.41, 5.74) is 2.09. The molecule has 0 aliphatic heterocycles. The molecule has 0 spiro atoms. The molecule has 0 amide bonds. The lowest BCUT2D eigenvalue weighted by Gasteiger charge is -2.13. The number of halogens is 1. The van der Waals surface area contributed by atoms with Crippen LogP contribution in [0.3, 0.4) is 0 Å². The van der Waals surface area contributed by atoms with Crippen molar-refractivity contribution in [3.8, 4) is 11.8 Å². The highest BCUT2D eigenvalue weighted by molar-refractivity contribution is 5.37. The van der Waals surface area contributed by atoms with Gasteiger partial charge in [-0.25, -0.2) is 4.39 Å². The Bertz CT molecular complexity index is 641. The fourth-order valence-electron chi connectivity index (χ4n) is 1.92. The van der Waals surface area contributed by atoms with Crippen LogP contribution in [0.2, 0.25) is 0 Å². The molecule has 1 unspecified atom stereocenters. The molecule has 2 aromatic carbocycles. The fourth-order valence-corrected chi connectivity index (χ4v) is 1.92. The highest BCUT2D eigenvalue weighted by Gasteiger charge is 2.08. The van der Waals surface area contributed by atoms with Crippen molar-refractivity contribution in [2.24, 2.45) is 0 Å². The number of hydrogen-bond acceptors (Lipinski definition) is 2. The van der Waals surface area contributed by atoms with E-state index in [1.165, 1.54) is 6.07 Å². The van der Waals surface area contributed by atoms with Gasteiger partial charge in [-0.2, -0.15) is 0 Å². The predicted molar refractivity (Wildman–Crippen MR) is 80.0 cm³/mol. The van der Waals surface area contributed by atoms with Crippen LogP contribution in [-0.4, -0.2) is 11.7 Å². The first-order valence-electron chi connectivity index (χ1n) is 6.75. The molecule has 21 heavy (non-hydrogen) atoms. The van der Waals surface area contributed by atoms with Crippen molar-refractivity contribution in [1.29, 1.82) is 0 Å². The smallest absolute Gasteiger partial charge is 0.129 e. The van der Waals surface area contributed by atoms with Crippen LogP contribution in [0.15, 0.2) is 48.5 Å². The molecule has 0 fully saturated rings. The molecule has 0 saturated carbocycles. The molecule has 0 radical (unpaired) electrons. The van der Waals surface area contributed by atoms with E-state index in [1.54, 1.807) is 12.1 Å². The Morgan fingerprint density at radius 1 is 1.19 bits per heavy atom. The lowest BCUT2D eigenvalue weighted by atomic mass is 10.1. The Labute approximate surface area is 124 Å². The molecule has 0 aliphatic carbocycles. The van der Waals surface area contributed by atoms with Gasteiger partial charge in [0.2, 0.25) is 0 Å². The van der Waals surface area contributed by atoms with Crippen LogP contribution in [-0.2, 0) is 11.3 Å². The summed E-state index contributed by atoms with van der Waals surface area (Å²) in [4.78, 5) is 0. The molecule has 2 nitrogen and oxygen atoms in total. The number of ether oxygens (including phenoxy) is 1. The van der Waals surface area contributed by atoms with E-state index >= 15 is 0 Å². The molecule has 0 saturated heterocycles. The zero-order chi connectivity index (χ0) is 15.1. The number of aliphatic hydroxyl groups excluding tert-OH is 1. The van der Waals surface area contributed by atoms with E-state index in [-0.39, 0.29) is 25.1 Å². The molecule has 0 bridgehead atoms. The maximum absolute atomic E-state index is 13.9. The van der Waals surface area contributed by atoms with Crippen LogP contribution in [0.4, 0.5) is 4.39 Å². The van der Waals surface area contributed by atoms with Crippen molar-refractivity contribution in [1.82, 2.24) is 0 Å². The molecule has 2 aromatic rings. The highest BCUT2D eigenvalue weighted by Crippen LogP contribution is 2.19. The van der Waals surface area contributed by atoms with Crippen LogP contribution in [0.25, 0.3) is 0 Å². The van der Waals surface area contributed by atoms with Crippen LogP contribution in [0.1, 0.15) is 29.7 Å². The minimum atomic E-state index is -0.347. The molecule has 0 aliphatic rings. The second-order valence-electron chi connectivity index (χ2n) is 4.63. The largest absolute Gasteiger partial charge is 0.384 e. The Balaban J connectivity index is 2.00. The van der Waals surface area contributed by atoms with Gasteiger partial charge in [0.25, 0.3) is 0 Å². The Morgan fingerprint density at radius 3 is 2.62 bits per heavy atom. The second-order valence-corrected chi connectivity index (χ2v) is 4.63. The zero-order valence-corrected chi connectivity index (χ0v) is 11.8. The van der Waals surface area contributed by atoms with Gasteiger partial charge in [-0.05, 0) is 24.6 Å². The molecular formula is C18H17FO2. The van der Waals surface area contributed by atoms with Gasteiger partial charge in [0.15, 0.2) is 0 Å². The fraction of sp³-hybridized carbons (Fsp3) is 0.222. The van der Waals surface area contributed by atoms with E-state index in [4.69, 9.17) is 9.84 Å². The van der Waals surface area contributed by atoms with Gasteiger partial charge in [-0.15, -0.1) is 0 Å². The molecule has 108 valence electrons. The minimum Gasteiger partial charge on any atom is -0.384 e. The van der Waals surface area contributed by atoms with E-state index < -0.39 is 0 Å². The molecule has 1 atom stereocenters. The Kier molecular flexibility index (Phi) is 5.51. The summed E-state index contributed by atoms with van der Waals surface area (Å²) in [5.74, 6) is 4.82. The first-order chi connectivity index (χ1) is 10.2. The van der Waals surface area contributed by atoms with Gasteiger partial charge in [0, 0.05) is 11.1 Å². The first kappa shape index (κ1) is 15.2. The monoisotopic (exact) mass is 284 g/mol. The normalized spacial score (nSPS) is 11.6. The average Bonchev–Trinajstić information content (AvgIpc) is 2.52. The van der Waals surface area contributed by atoms with Gasteiger partial charge in [0.1, 0.15) is 12.4 Å². The maximum Gasteiger partial charge on any atom is 0.129 e. The standard InChI is InChI=1S/C18H17FO2/c1-14(16-7-3-2-4-8-16)21-13-17-10-9-15(6-5-11-20)12-18(17)19/h2-4,7-10,12,14,20H,11,13H2,1H3. The quantitative estimate of drug-likeness (QED) is 0.871. The van der Waals surface area contributed by atoms with E-state index in [0.717, 1.165) is 5.56 Å². The summed E-state index contributed by atoms with van der Waals surface area (Å²) in [6.45, 7) is 1.91. The number of benzene rings is 2. The molecule has 3 heteroatoms. The summed E-state index contributed by atoms with van der Waals surface area (Å²) >= 11 is 0. The summed E-state index contributed by atoms with van der Waals surface area (Å²) in [6, 6.07) is 14.5. The van der Waals surface area contributed by atoms with E-state index in [9.17, 15) is 4.39 Å². The Hall–Kier alpha value is -2.15. The van der Waals surface area contributed by atoms with E-state index in [0.29, 0.717) is 11.1 Å². The summed E-state index contributed by atoms with van der Waals surface area (Å²) < 4.78 is 19.6. The molecule has 0 aromatic heterocycles. The topological polar surface area (TPSA) is 29.5 Å². The third-order valence-corrected chi connectivity index (χ3v) is 3.12. The first-order valence-corrected chi connectivity index (χ1v) is 6.75. The SMILES string of the molecule is CC(OCc1ccc(C#CCO)cc1F)c1ccccc1. The van der Waals surface area contributed by atoms with Gasteiger partial charge in [-0.1, -0.05) is 48.2 Å². The number of hydrogen-bond donors (Lipinski definition) is 1. The van der Waals surface area contributed by atoms with Crippen molar-refractivity contribution >= 4 is 0 Å². The van der Waals surface area contributed by atoms with Crippen LogP contribution in [0.5, 0.6) is 0 Å². The van der Waals surface area contributed by atoms with Crippen molar-refractivity contribution in [3.05, 3.63) is 71.0 Å². The van der Waals surface area contributed by atoms with Crippen LogP contribution < -0.4 is 0 Å². The third kappa shape index (κ3) is 4.42. The molecule has 1 N–H and O–H groups in total. The van der Waals surface area contributed by atoms with E-state index in [1.807, 2.05) is 37.3 Å². The summed E-state index contributed by atoms with van der Waals surface area (Å²) in [6.07, 6.45) is -0.0977. The third-order valence-electron chi connectivity index (χ3n) is 3.12. The lowest BCUT2D eigenvalue weighted by molar-refractivity contribution is 0.0509. The zero-order valence-electron chi connectivity index (χ0n) is 11.8. The van der Waals surface area contributed by atoms with Gasteiger partial charge in [-0.3, -0.25) is 0 Å². The van der Waals surface area contributed by atoms with Gasteiger partial charge in [0.05, 0.1) is 12.7 Å². The van der Waals surface area contributed by atoms with Gasteiger partial charge < -0.3 is 9.84 Å². The summed E-state index contributed by atoms with van der Waals surface area (Å²) in [5, 5.41) is 8.62. The van der Waals surface area contributed by atoms with Crippen LogP contribution >= 0.6 is 0 Å². The molecule has 0 heterocycles. The van der Waals surface area contributed by atoms with Crippen molar-refractivity contribution in [3.63, 3.8) is 0 Å². The molecular weight excluding hydrogens is 267 g/mol. The van der Waals surface area contributed by atoms with Crippen molar-refractivity contribution < 1.29 is 14.2 Å². The minimum absolute atomic E-state index is 0.0977. The summed E-state index contributed by atoms with van der Waals surface area (Å²) in [7, 11) is 0. The lowest BCUT2D eigenvalue weighted by Crippen LogP contribution is -2.02. The Morgan fingerprint density at radius 2 is 1.95 bits per heavy atom. The second kappa shape index (κ2) is 7.58. The maximum atomic E-state index is 13.9. The number of aliphatic hydroxyl groups is 1. The van der Waals surface area contributed by atoms with Crippen molar-refractivity contribution in [2.75, 3.05) is 6.61 Å².